The fraction of sp³-hybridized carbons (Fsp3) is 0.250. The van der Waals surface area contributed by atoms with Crippen molar-refractivity contribution in [1.29, 1.82) is 0 Å². The molecule has 0 saturated heterocycles. The van der Waals surface area contributed by atoms with Crippen LogP contribution in [-0.4, -0.2) is 18.1 Å². The molecule has 0 aliphatic heterocycles. The molecule has 1 heterocycles. The van der Waals surface area contributed by atoms with Crippen LogP contribution in [0.3, 0.4) is 0 Å². The van der Waals surface area contributed by atoms with Crippen LogP contribution < -0.4 is 5.73 Å². The molecule has 0 atom stereocenters. The van der Waals surface area contributed by atoms with E-state index in [0.29, 0.717) is 0 Å². The molecule has 0 aliphatic rings. The smallest absolute Gasteiger partial charge is 0.341 e. The zero-order chi connectivity index (χ0) is 11.6. The highest BCUT2D eigenvalue weighted by Gasteiger charge is 2.19. The number of ether oxygens (including phenoxy) is 1. The molecule has 0 aliphatic carbocycles. The summed E-state index contributed by atoms with van der Waals surface area (Å²) in [6.07, 6.45) is -2.74. The second-order valence-corrected chi connectivity index (χ2v) is 3.34. The molecular weight excluding hydrogens is 274 g/mol. The number of nitrogen functional groups attached to an aromatic ring is 1. The number of methoxy groups -OCH3 is 1. The number of aromatic nitrogens is 1. The Bertz CT molecular complexity index is 398. The molecule has 82 valence electrons. The van der Waals surface area contributed by atoms with E-state index in [1.165, 1.54) is 0 Å². The molecule has 2 N–H and O–H groups in total. The highest BCUT2D eigenvalue weighted by molar-refractivity contribution is 9.10. The molecule has 4 nitrogen and oxygen atoms in total. The summed E-state index contributed by atoms with van der Waals surface area (Å²) in [5, 5.41) is 0. The minimum absolute atomic E-state index is 0.0809. The molecule has 0 saturated carbocycles. The first-order chi connectivity index (χ1) is 6.97. The fourth-order valence-corrected chi connectivity index (χ4v) is 1.42. The number of hydrogen-bond donors (Lipinski definition) is 1. The maximum absolute atomic E-state index is 12.4. The molecular formula is C8H7BrF2N2O2. The first-order valence-electron chi connectivity index (χ1n) is 3.79. The summed E-state index contributed by atoms with van der Waals surface area (Å²) in [5.74, 6) is -0.951. The van der Waals surface area contributed by atoms with Gasteiger partial charge in [0, 0.05) is 0 Å². The van der Waals surface area contributed by atoms with Crippen molar-refractivity contribution >= 4 is 27.7 Å². The van der Waals surface area contributed by atoms with Crippen molar-refractivity contribution in [2.75, 3.05) is 12.8 Å². The number of pyridine rings is 1. The predicted molar refractivity (Wildman–Crippen MR) is 52.6 cm³/mol. The molecule has 0 radical (unpaired) electrons. The molecule has 1 aromatic heterocycles. The molecule has 0 unspecified atom stereocenters. The monoisotopic (exact) mass is 280 g/mol. The minimum atomic E-state index is -2.74. The van der Waals surface area contributed by atoms with Gasteiger partial charge in [-0.3, -0.25) is 0 Å². The van der Waals surface area contributed by atoms with Crippen LogP contribution in [-0.2, 0) is 4.74 Å². The van der Waals surface area contributed by atoms with Crippen LogP contribution in [0.1, 0.15) is 22.3 Å². The molecule has 7 heteroatoms. The van der Waals surface area contributed by atoms with Crippen LogP contribution in [0, 0.1) is 0 Å². The number of esters is 1. The average molecular weight is 281 g/mol. The maximum Gasteiger partial charge on any atom is 0.341 e. The Hall–Kier alpha value is -1.24. The van der Waals surface area contributed by atoms with Crippen LogP contribution in [0.5, 0.6) is 0 Å². The van der Waals surface area contributed by atoms with Crippen molar-refractivity contribution in [3.05, 3.63) is 21.8 Å². The Kier molecular flexibility index (Phi) is 3.57. The van der Waals surface area contributed by atoms with Crippen LogP contribution in [0.4, 0.5) is 14.6 Å². The topological polar surface area (TPSA) is 65.2 Å². The van der Waals surface area contributed by atoms with Crippen molar-refractivity contribution in [3.63, 3.8) is 0 Å². The molecule has 0 aromatic carbocycles. The highest BCUT2D eigenvalue weighted by Crippen LogP contribution is 2.28. The second kappa shape index (κ2) is 4.52. The zero-order valence-corrected chi connectivity index (χ0v) is 9.22. The molecule has 0 fully saturated rings. The van der Waals surface area contributed by atoms with Gasteiger partial charge in [0.05, 0.1) is 12.7 Å². The van der Waals surface area contributed by atoms with Crippen molar-refractivity contribution in [3.8, 4) is 0 Å². The SMILES string of the molecule is COC(=O)c1cc(C(F)F)c(Br)nc1N. The van der Waals surface area contributed by atoms with Gasteiger partial charge in [-0.1, -0.05) is 0 Å². The summed E-state index contributed by atoms with van der Waals surface area (Å²) >= 11 is 2.83. The fourth-order valence-electron chi connectivity index (χ4n) is 0.946. The summed E-state index contributed by atoms with van der Waals surface area (Å²) in [6.45, 7) is 0. The van der Waals surface area contributed by atoms with E-state index < -0.39 is 18.0 Å². The Morgan fingerprint density at radius 2 is 2.27 bits per heavy atom. The summed E-state index contributed by atoms with van der Waals surface area (Å²) < 4.78 is 29.2. The second-order valence-electron chi connectivity index (χ2n) is 2.59. The van der Waals surface area contributed by atoms with Crippen molar-refractivity contribution in [2.24, 2.45) is 0 Å². The third-order valence-corrected chi connectivity index (χ3v) is 2.31. The quantitative estimate of drug-likeness (QED) is 0.666. The van der Waals surface area contributed by atoms with Gasteiger partial charge < -0.3 is 10.5 Å². The number of hydrogen-bond acceptors (Lipinski definition) is 4. The van der Waals surface area contributed by atoms with E-state index in [9.17, 15) is 13.6 Å². The third-order valence-electron chi connectivity index (χ3n) is 1.67. The largest absolute Gasteiger partial charge is 0.465 e. The lowest BCUT2D eigenvalue weighted by Crippen LogP contribution is -2.09. The van der Waals surface area contributed by atoms with Crippen LogP contribution in [0.25, 0.3) is 0 Å². The predicted octanol–water partition coefficient (Wildman–Crippen LogP) is 2.15. The molecule has 1 rings (SSSR count). The lowest BCUT2D eigenvalue weighted by Gasteiger charge is -2.07. The molecule has 0 amide bonds. The Labute approximate surface area is 92.6 Å². The highest BCUT2D eigenvalue weighted by atomic mass is 79.9. The van der Waals surface area contributed by atoms with Crippen LogP contribution in [0.2, 0.25) is 0 Å². The maximum atomic E-state index is 12.4. The number of halogens is 3. The standard InChI is InChI=1S/C8H7BrF2N2O2/c1-15-8(14)4-2-3(6(10)11)5(9)13-7(4)12/h2,6H,1H3,(H2,12,13). The van der Waals surface area contributed by atoms with Crippen LogP contribution >= 0.6 is 15.9 Å². The van der Waals surface area contributed by atoms with Gasteiger partial charge in [0.1, 0.15) is 16.0 Å². The summed E-state index contributed by atoms with van der Waals surface area (Å²) in [5.41, 5.74) is 4.81. The number of nitrogens with two attached hydrogens (primary N) is 1. The van der Waals surface area contributed by atoms with Crippen molar-refractivity contribution in [2.45, 2.75) is 6.43 Å². The van der Waals surface area contributed by atoms with Gasteiger partial charge in [-0.15, -0.1) is 0 Å². The number of rotatable bonds is 2. The number of anilines is 1. The number of nitrogens with zero attached hydrogens (tertiary/aromatic N) is 1. The van der Waals surface area contributed by atoms with Crippen molar-refractivity contribution < 1.29 is 18.3 Å². The van der Waals surface area contributed by atoms with Gasteiger partial charge in [-0.05, 0) is 22.0 Å². The molecule has 0 spiro atoms. The van der Waals surface area contributed by atoms with Gasteiger partial charge >= 0.3 is 5.97 Å². The van der Waals surface area contributed by atoms with Gasteiger partial charge in [-0.25, -0.2) is 18.6 Å². The van der Waals surface area contributed by atoms with Gasteiger partial charge in [0.15, 0.2) is 0 Å². The summed E-state index contributed by atoms with van der Waals surface area (Å²) in [6, 6.07) is 0.961. The molecule has 0 bridgehead atoms. The number of alkyl halides is 2. The Morgan fingerprint density at radius 1 is 1.67 bits per heavy atom. The third kappa shape index (κ3) is 2.41. The first-order valence-corrected chi connectivity index (χ1v) is 4.59. The van der Waals surface area contributed by atoms with E-state index >= 15 is 0 Å². The van der Waals surface area contributed by atoms with Gasteiger partial charge in [0.2, 0.25) is 0 Å². The Morgan fingerprint density at radius 3 is 2.73 bits per heavy atom. The Balaban J connectivity index is 3.29. The lowest BCUT2D eigenvalue weighted by molar-refractivity contribution is 0.0601. The van der Waals surface area contributed by atoms with E-state index in [1.54, 1.807) is 0 Å². The average Bonchev–Trinajstić information content (AvgIpc) is 2.16. The zero-order valence-electron chi connectivity index (χ0n) is 7.63. The van der Waals surface area contributed by atoms with E-state index in [2.05, 4.69) is 25.7 Å². The molecule has 15 heavy (non-hydrogen) atoms. The van der Waals surface area contributed by atoms with Crippen LogP contribution in [0.15, 0.2) is 10.7 Å². The summed E-state index contributed by atoms with van der Waals surface area (Å²) in [4.78, 5) is 14.7. The van der Waals surface area contributed by atoms with Crippen molar-refractivity contribution in [1.82, 2.24) is 4.98 Å². The first kappa shape index (κ1) is 11.8. The number of carbonyl (C=O) groups excluding carboxylic acids is 1. The minimum Gasteiger partial charge on any atom is -0.465 e. The van der Waals surface area contributed by atoms with Gasteiger partial charge in [-0.2, -0.15) is 0 Å². The lowest BCUT2D eigenvalue weighted by atomic mass is 10.2. The van der Waals surface area contributed by atoms with E-state index in [4.69, 9.17) is 5.73 Å². The van der Waals surface area contributed by atoms with Gasteiger partial charge in [0.25, 0.3) is 6.43 Å². The normalized spacial score (nSPS) is 10.5. The molecule has 1 aromatic rings. The van der Waals surface area contributed by atoms with E-state index in [1.807, 2.05) is 0 Å². The summed E-state index contributed by atoms with van der Waals surface area (Å²) in [7, 11) is 1.13. The van der Waals surface area contributed by atoms with E-state index in [0.717, 1.165) is 13.2 Å². The number of carbonyl (C=O) groups is 1. The van der Waals surface area contributed by atoms with E-state index in [-0.39, 0.29) is 16.0 Å².